The number of carbonyl (C=O) groups is 1. The molecule has 0 bridgehead atoms. The molecule has 16 heavy (non-hydrogen) atoms. The highest BCUT2D eigenvalue weighted by molar-refractivity contribution is 9.10. The number of carbonyl (C=O) groups excluding carboxylic acids is 1. The normalized spacial score (nSPS) is 10.7. The number of halogens is 2. The van der Waals surface area contributed by atoms with Crippen molar-refractivity contribution in [2.45, 2.75) is 13.3 Å². The summed E-state index contributed by atoms with van der Waals surface area (Å²) in [6, 6.07) is 5.12. The fourth-order valence-electron chi connectivity index (χ4n) is 1.20. The largest absolute Gasteiger partial charge is 0.352 e. The molecule has 4 heteroatoms. The molecule has 1 aromatic carbocycles. The fourth-order valence-corrected chi connectivity index (χ4v) is 2.07. The highest BCUT2D eigenvalue weighted by Crippen LogP contribution is 2.21. The third-order valence-electron chi connectivity index (χ3n) is 2.01. The van der Waals surface area contributed by atoms with Crippen molar-refractivity contribution in [3.05, 3.63) is 45.4 Å². The highest BCUT2D eigenvalue weighted by Gasteiger charge is 2.08. The van der Waals surface area contributed by atoms with Gasteiger partial charge in [-0.1, -0.05) is 23.8 Å². The summed E-state index contributed by atoms with van der Waals surface area (Å²) >= 11 is 9.11. The van der Waals surface area contributed by atoms with Crippen LogP contribution in [0, 0.1) is 0 Å². The van der Waals surface area contributed by atoms with Crippen LogP contribution in [-0.4, -0.2) is 12.5 Å². The monoisotopic (exact) mass is 301 g/mol. The highest BCUT2D eigenvalue weighted by atomic mass is 79.9. The lowest BCUT2D eigenvalue weighted by Crippen LogP contribution is -2.24. The molecule has 1 rings (SSSR count). The van der Waals surface area contributed by atoms with Crippen molar-refractivity contribution in [2.75, 3.05) is 6.54 Å². The number of hydrogen-bond acceptors (Lipinski definition) is 1. The van der Waals surface area contributed by atoms with Crippen molar-refractivity contribution in [1.82, 2.24) is 5.32 Å². The van der Waals surface area contributed by atoms with E-state index in [9.17, 15) is 4.79 Å². The van der Waals surface area contributed by atoms with Crippen LogP contribution in [0.15, 0.2) is 34.8 Å². The van der Waals surface area contributed by atoms with E-state index >= 15 is 0 Å². The van der Waals surface area contributed by atoms with Gasteiger partial charge in [0.15, 0.2) is 0 Å². The Morgan fingerprint density at radius 2 is 2.31 bits per heavy atom. The van der Waals surface area contributed by atoms with E-state index in [2.05, 4.69) is 21.2 Å². The second-order valence-corrected chi connectivity index (χ2v) is 4.53. The lowest BCUT2D eigenvalue weighted by molar-refractivity contribution is 0.0953. The van der Waals surface area contributed by atoms with E-state index in [0.29, 0.717) is 21.6 Å². The Hall–Kier alpha value is -0.800. The molecular weight excluding hydrogens is 289 g/mol. The minimum atomic E-state index is -0.0898. The van der Waals surface area contributed by atoms with Crippen LogP contribution in [0.1, 0.15) is 23.7 Å². The van der Waals surface area contributed by atoms with Gasteiger partial charge in [-0.3, -0.25) is 4.79 Å². The summed E-state index contributed by atoms with van der Waals surface area (Å²) in [5.41, 5.74) is 0.602. The smallest absolute Gasteiger partial charge is 0.252 e. The van der Waals surface area contributed by atoms with E-state index in [1.165, 1.54) is 0 Å². The molecule has 0 aliphatic rings. The molecule has 1 N–H and O–H groups in total. The Morgan fingerprint density at radius 1 is 1.56 bits per heavy atom. The minimum Gasteiger partial charge on any atom is -0.352 e. The summed E-state index contributed by atoms with van der Waals surface area (Å²) in [7, 11) is 0. The molecule has 0 radical (unpaired) electrons. The van der Waals surface area contributed by atoms with Crippen molar-refractivity contribution in [1.29, 1.82) is 0 Å². The third-order valence-corrected chi connectivity index (χ3v) is 2.90. The molecule has 0 fully saturated rings. The van der Waals surface area contributed by atoms with Gasteiger partial charge in [0.25, 0.3) is 5.91 Å². The van der Waals surface area contributed by atoms with E-state index in [0.717, 1.165) is 6.42 Å². The number of rotatable bonds is 4. The molecule has 0 spiro atoms. The third kappa shape index (κ3) is 3.99. The standard InChI is InChI=1S/C12H13BrClNO/c1-2-3-4-7-15-12(16)10-6-5-9(14)8-11(10)13/h2-3,5-6,8H,4,7H2,1H3,(H,15,16)/b3-2+. The maximum Gasteiger partial charge on any atom is 0.252 e. The molecule has 0 aliphatic carbocycles. The van der Waals surface area contributed by atoms with Gasteiger partial charge in [0.1, 0.15) is 0 Å². The summed E-state index contributed by atoms with van der Waals surface area (Å²) in [6.45, 7) is 2.59. The van der Waals surface area contributed by atoms with Gasteiger partial charge in [-0.25, -0.2) is 0 Å². The van der Waals surface area contributed by atoms with Crippen molar-refractivity contribution >= 4 is 33.4 Å². The zero-order valence-corrected chi connectivity index (χ0v) is 11.3. The van der Waals surface area contributed by atoms with Gasteiger partial charge in [0, 0.05) is 16.0 Å². The average Bonchev–Trinajstić information content (AvgIpc) is 2.24. The van der Waals surface area contributed by atoms with E-state index < -0.39 is 0 Å². The Kier molecular flexibility index (Phi) is 5.56. The predicted octanol–water partition coefficient (Wildman–Crippen LogP) is 3.80. The number of allylic oxidation sites excluding steroid dienone is 1. The topological polar surface area (TPSA) is 29.1 Å². The fraction of sp³-hybridized carbons (Fsp3) is 0.250. The molecule has 1 aromatic rings. The zero-order valence-electron chi connectivity index (χ0n) is 8.97. The molecule has 0 aromatic heterocycles. The number of hydrogen-bond donors (Lipinski definition) is 1. The molecule has 2 nitrogen and oxygen atoms in total. The number of amides is 1. The Balaban J connectivity index is 2.59. The van der Waals surface area contributed by atoms with Gasteiger partial charge in [0.05, 0.1) is 5.56 Å². The van der Waals surface area contributed by atoms with Gasteiger partial charge in [-0.2, -0.15) is 0 Å². The Labute approximate surface area is 109 Å². The molecule has 0 aliphatic heterocycles. The van der Waals surface area contributed by atoms with Gasteiger partial charge in [-0.05, 0) is 47.5 Å². The molecule has 0 heterocycles. The van der Waals surface area contributed by atoms with Crippen LogP contribution in [0.5, 0.6) is 0 Å². The first-order valence-corrected chi connectivity index (χ1v) is 6.16. The minimum absolute atomic E-state index is 0.0898. The van der Waals surface area contributed by atoms with E-state index in [-0.39, 0.29) is 5.91 Å². The van der Waals surface area contributed by atoms with Crippen LogP contribution in [0.4, 0.5) is 0 Å². The van der Waals surface area contributed by atoms with Crippen LogP contribution < -0.4 is 5.32 Å². The van der Waals surface area contributed by atoms with Crippen molar-refractivity contribution < 1.29 is 4.79 Å². The number of nitrogens with one attached hydrogen (secondary N) is 1. The van der Waals surface area contributed by atoms with Crippen molar-refractivity contribution in [3.63, 3.8) is 0 Å². The lowest BCUT2D eigenvalue weighted by Gasteiger charge is -2.05. The first-order chi connectivity index (χ1) is 7.65. The maximum atomic E-state index is 11.7. The predicted molar refractivity (Wildman–Crippen MR) is 70.9 cm³/mol. The van der Waals surface area contributed by atoms with Crippen LogP contribution in [0.2, 0.25) is 5.02 Å². The van der Waals surface area contributed by atoms with Crippen molar-refractivity contribution in [2.24, 2.45) is 0 Å². The van der Waals surface area contributed by atoms with Crippen LogP contribution >= 0.6 is 27.5 Å². The lowest BCUT2D eigenvalue weighted by atomic mass is 10.2. The van der Waals surface area contributed by atoms with Gasteiger partial charge >= 0.3 is 0 Å². The van der Waals surface area contributed by atoms with Gasteiger partial charge in [0.2, 0.25) is 0 Å². The molecule has 0 unspecified atom stereocenters. The summed E-state index contributed by atoms with van der Waals surface area (Å²) < 4.78 is 0.712. The van der Waals surface area contributed by atoms with Gasteiger partial charge < -0.3 is 5.32 Å². The van der Waals surface area contributed by atoms with Gasteiger partial charge in [-0.15, -0.1) is 0 Å². The average molecular weight is 303 g/mol. The first-order valence-electron chi connectivity index (χ1n) is 4.99. The van der Waals surface area contributed by atoms with Crippen LogP contribution in [0.25, 0.3) is 0 Å². The summed E-state index contributed by atoms with van der Waals surface area (Å²) in [5, 5.41) is 3.44. The summed E-state index contributed by atoms with van der Waals surface area (Å²) in [5.74, 6) is -0.0898. The maximum absolute atomic E-state index is 11.7. The van der Waals surface area contributed by atoms with Crippen LogP contribution in [-0.2, 0) is 0 Å². The molecule has 0 saturated carbocycles. The van der Waals surface area contributed by atoms with E-state index in [1.807, 2.05) is 19.1 Å². The van der Waals surface area contributed by atoms with Crippen LogP contribution in [0.3, 0.4) is 0 Å². The molecule has 1 amide bonds. The number of benzene rings is 1. The molecule has 86 valence electrons. The molecule has 0 saturated heterocycles. The Morgan fingerprint density at radius 3 is 2.94 bits per heavy atom. The Bertz CT molecular complexity index is 404. The molecular formula is C12H13BrClNO. The van der Waals surface area contributed by atoms with E-state index in [4.69, 9.17) is 11.6 Å². The SMILES string of the molecule is C/C=C/CCNC(=O)c1ccc(Cl)cc1Br. The quantitative estimate of drug-likeness (QED) is 0.665. The first kappa shape index (κ1) is 13.3. The van der Waals surface area contributed by atoms with E-state index in [1.54, 1.807) is 18.2 Å². The molecule has 0 atom stereocenters. The van der Waals surface area contributed by atoms with Crippen molar-refractivity contribution in [3.8, 4) is 0 Å². The summed E-state index contributed by atoms with van der Waals surface area (Å²) in [6.07, 6.45) is 4.81. The summed E-state index contributed by atoms with van der Waals surface area (Å²) in [4.78, 5) is 11.7. The second-order valence-electron chi connectivity index (χ2n) is 3.24. The second kappa shape index (κ2) is 6.71. The zero-order chi connectivity index (χ0) is 12.0.